The van der Waals surface area contributed by atoms with Gasteiger partial charge in [0.05, 0.1) is 16.8 Å². The minimum atomic E-state index is -0.00450. The Morgan fingerprint density at radius 3 is 2.50 bits per heavy atom. The van der Waals surface area contributed by atoms with Crippen molar-refractivity contribution in [3.63, 3.8) is 0 Å². The predicted molar refractivity (Wildman–Crippen MR) is 137 cm³/mol. The van der Waals surface area contributed by atoms with Gasteiger partial charge in [-0.25, -0.2) is 0 Å². The van der Waals surface area contributed by atoms with Gasteiger partial charge in [-0.2, -0.15) is 0 Å². The Labute approximate surface area is 206 Å². The SMILES string of the molecule is C[C@@H](Nc1cc(N2CCN(C3CCC[C@@H](CO)C3)CC2)ccc1Cl)c1ccc(Cl)cc1Cl. The fraction of sp³-hybridized carbons (Fsp3) is 0.520. The molecule has 1 unspecified atom stereocenters. The predicted octanol–water partition coefficient (Wildman–Crippen LogP) is 6.49. The van der Waals surface area contributed by atoms with Crippen molar-refractivity contribution in [3.8, 4) is 0 Å². The lowest BCUT2D eigenvalue weighted by molar-refractivity contribution is 0.0961. The lowest BCUT2D eigenvalue weighted by atomic mass is 9.85. The third-order valence-corrected chi connectivity index (χ3v) is 7.85. The summed E-state index contributed by atoms with van der Waals surface area (Å²) in [6.07, 6.45) is 4.80. The van der Waals surface area contributed by atoms with E-state index in [4.69, 9.17) is 34.8 Å². The second-order valence-electron chi connectivity index (χ2n) is 9.09. The zero-order chi connectivity index (χ0) is 22.7. The summed E-state index contributed by atoms with van der Waals surface area (Å²) in [6, 6.07) is 12.4. The number of rotatable bonds is 6. The molecular weight excluding hydrogens is 465 g/mol. The van der Waals surface area contributed by atoms with E-state index in [1.165, 1.54) is 24.9 Å². The van der Waals surface area contributed by atoms with Crippen molar-refractivity contribution in [2.45, 2.75) is 44.7 Å². The van der Waals surface area contributed by atoms with Crippen LogP contribution in [0.25, 0.3) is 0 Å². The van der Waals surface area contributed by atoms with Gasteiger partial charge >= 0.3 is 0 Å². The summed E-state index contributed by atoms with van der Waals surface area (Å²) in [5.74, 6) is 0.479. The van der Waals surface area contributed by atoms with E-state index in [0.717, 1.165) is 43.9 Å². The molecule has 1 saturated heterocycles. The smallest absolute Gasteiger partial charge is 0.0639 e. The average molecular weight is 497 g/mol. The Morgan fingerprint density at radius 1 is 1.00 bits per heavy atom. The molecule has 2 aromatic carbocycles. The standard InChI is InChI=1S/C25H32Cl3N3O/c1-17(22-7-5-19(26)14-24(22)28)29-25-15-21(6-8-23(25)27)31-11-9-30(10-12-31)20-4-2-3-18(13-20)16-32/h5-8,14-15,17-18,20,29,32H,2-4,9-13,16H2,1H3/t17-,18-,20?/m1/s1. The maximum atomic E-state index is 9.55. The van der Waals surface area contributed by atoms with Crippen LogP contribution in [0.15, 0.2) is 36.4 Å². The summed E-state index contributed by atoms with van der Waals surface area (Å²) >= 11 is 19.0. The number of nitrogens with zero attached hydrogens (tertiary/aromatic N) is 2. The first kappa shape index (κ1) is 24.0. The van der Waals surface area contributed by atoms with Crippen molar-refractivity contribution in [1.29, 1.82) is 0 Å². The number of aliphatic hydroxyl groups excluding tert-OH is 1. The van der Waals surface area contributed by atoms with E-state index in [9.17, 15) is 5.11 Å². The molecule has 32 heavy (non-hydrogen) atoms. The van der Waals surface area contributed by atoms with Crippen LogP contribution in [-0.2, 0) is 0 Å². The summed E-state index contributed by atoms with van der Waals surface area (Å²) in [7, 11) is 0. The number of benzene rings is 2. The minimum absolute atomic E-state index is 0.00450. The third-order valence-electron chi connectivity index (χ3n) is 6.96. The van der Waals surface area contributed by atoms with Crippen LogP contribution in [0, 0.1) is 5.92 Å². The number of nitrogens with one attached hydrogen (secondary N) is 1. The van der Waals surface area contributed by atoms with Crippen LogP contribution >= 0.6 is 34.8 Å². The number of piperazine rings is 1. The molecule has 2 N–H and O–H groups in total. The van der Waals surface area contributed by atoms with E-state index < -0.39 is 0 Å². The van der Waals surface area contributed by atoms with E-state index in [0.29, 0.717) is 33.6 Å². The molecule has 1 aliphatic heterocycles. The fourth-order valence-electron chi connectivity index (χ4n) is 5.09. The zero-order valence-electron chi connectivity index (χ0n) is 18.5. The van der Waals surface area contributed by atoms with Crippen LogP contribution in [0.3, 0.4) is 0 Å². The molecule has 1 heterocycles. The van der Waals surface area contributed by atoms with Gasteiger partial charge in [-0.1, -0.05) is 47.3 Å². The Hall–Kier alpha value is -1.17. The fourth-order valence-corrected chi connectivity index (χ4v) is 5.83. The van der Waals surface area contributed by atoms with Crippen molar-refractivity contribution >= 4 is 46.2 Å². The second kappa shape index (κ2) is 10.8. The highest BCUT2D eigenvalue weighted by Gasteiger charge is 2.29. The maximum Gasteiger partial charge on any atom is 0.0639 e. The molecule has 0 radical (unpaired) electrons. The molecule has 4 nitrogen and oxygen atoms in total. The maximum absolute atomic E-state index is 9.55. The molecule has 0 aromatic heterocycles. The van der Waals surface area contributed by atoms with Crippen LogP contribution in [-0.4, -0.2) is 48.8 Å². The topological polar surface area (TPSA) is 38.7 Å². The van der Waals surface area contributed by atoms with Gasteiger partial charge in [0, 0.05) is 54.6 Å². The van der Waals surface area contributed by atoms with Crippen LogP contribution in [0.4, 0.5) is 11.4 Å². The number of anilines is 2. The van der Waals surface area contributed by atoms with E-state index >= 15 is 0 Å². The largest absolute Gasteiger partial charge is 0.396 e. The number of halogens is 3. The molecule has 2 aliphatic rings. The molecule has 2 aromatic rings. The molecule has 4 rings (SSSR count). The van der Waals surface area contributed by atoms with Gasteiger partial charge in [0.2, 0.25) is 0 Å². The Bertz CT molecular complexity index is 917. The lowest BCUT2D eigenvalue weighted by Gasteiger charge is -2.43. The Balaban J connectivity index is 1.39. The van der Waals surface area contributed by atoms with Crippen molar-refractivity contribution in [1.82, 2.24) is 4.90 Å². The Kier molecular flexibility index (Phi) is 8.12. The third kappa shape index (κ3) is 5.66. The molecule has 0 bridgehead atoms. The summed E-state index contributed by atoms with van der Waals surface area (Å²) in [5, 5.41) is 15.0. The first-order chi connectivity index (χ1) is 15.4. The van der Waals surface area contributed by atoms with Crippen molar-refractivity contribution in [3.05, 3.63) is 57.0 Å². The van der Waals surface area contributed by atoms with Gasteiger partial charge in [-0.05, 0) is 68.0 Å². The second-order valence-corrected chi connectivity index (χ2v) is 10.3. The number of hydrogen-bond acceptors (Lipinski definition) is 4. The minimum Gasteiger partial charge on any atom is -0.396 e. The van der Waals surface area contributed by atoms with E-state index in [1.807, 2.05) is 18.2 Å². The molecule has 174 valence electrons. The molecule has 2 fully saturated rings. The van der Waals surface area contributed by atoms with E-state index in [1.54, 1.807) is 6.07 Å². The van der Waals surface area contributed by atoms with Gasteiger partial charge in [0.15, 0.2) is 0 Å². The van der Waals surface area contributed by atoms with Crippen molar-refractivity contribution in [2.24, 2.45) is 5.92 Å². The summed E-state index contributed by atoms with van der Waals surface area (Å²) in [5.41, 5.74) is 3.07. The molecule has 1 aliphatic carbocycles. The van der Waals surface area contributed by atoms with Gasteiger partial charge in [-0.3, -0.25) is 4.90 Å². The summed E-state index contributed by atoms with van der Waals surface area (Å²) in [6.45, 7) is 6.52. The zero-order valence-corrected chi connectivity index (χ0v) is 20.8. The molecule has 1 saturated carbocycles. The first-order valence-electron chi connectivity index (χ1n) is 11.6. The number of hydrogen-bond donors (Lipinski definition) is 2. The Morgan fingerprint density at radius 2 is 1.78 bits per heavy atom. The van der Waals surface area contributed by atoms with E-state index in [-0.39, 0.29) is 6.04 Å². The van der Waals surface area contributed by atoms with Crippen LogP contribution < -0.4 is 10.2 Å². The van der Waals surface area contributed by atoms with Gasteiger partial charge in [-0.15, -0.1) is 0 Å². The first-order valence-corrected chi connectivity index (χ1v) is 12.7. The van der Waals surface area contributed by atoms with E-state index in [2.05, 4.69) is 34.2 Å². The lowest BCUT2D eigenvalue weighted by Crippen LogP contribution is -2.51. The van der Waals surface area contributed by atoms with Gasteiger partial charge < -0.3 is 15.3 Å². The monoisotopic (exact) mass is 495 g/mol. The molecular formula is C25H32Cl3N3O. The molecule has 7 heteroatoms. The highest BCUT2D eigenvalue weighted by Crippen LogP contribution is 2.34. The normalized spacial score (nSPS) is 23.2. The summed E-state index contributed by atoms with van der Waals surface area (Å²) in [4.78, 5) is 5.06. The van der Waals surface area contributed by atoms with Crippen molar-refractivity contribution < 1.29 is 5.11 Å². The number of aliphatic hydroxyl groups is 1. The average Bonchev–Trinajstić information content (AvgIpc) is 2.80. The van der Waals surface area contributed by atoms with Crippen molar-refractivity contribution in [2.75, 3.05) is 43.0 Å². The van der Waals surface area contributed by atoms with Crippen LogP contribution in [0.2, 0.25) is 15.1 Å². The van der Waals surface area contributed by atoms with Crippen LogP contribution in [0.5, 0.6) is 0 Å². The highest BCUT2D eigenvalue weighted by atomic mass is 35.5. The van der Waals surface area contributed by atoms with Crippen LogP contribution in [0.1, 0.15) is 44.2 Å². The van der Waals surface area contributed by atoms with Gasteiger partial charge in [0.1, 0.15) is 0 Å². The van der Waals surface area contributed by atoms with Gasteiger partial charge in [0.25, 0.3) is 0 Å². The summed E-state index contributed by atoms with van der Waals surface area (Å²) < 4.78 is 0. The molecule has 0 amide bonds. The highest BCUT2D eigenvalue weighted by molar-refractivity contribution is 6.35. The quantitative estimate of drug-likeness (QED) is 0.479. The molecule has 0 spiro atoms. The molecule has 3 atom stereocenters.